The number of hydrogen-bond donors (Lipinski definition) is 1. The van der Waals surface area contributed by atoms with Crippen LogP contribution in [0.2, 0.25) is 0 Å². The van der Waals surface area contributed by atoms with Crippen molar-refractivity contribution in [1.29, 1.82) is 0 Å². The number of benzene rings is 2. The van der Waals surface area contributed by atoms with Crippen molar-refractivity contribution < 1.29 is 14.6 Å². The predicted molar refractivity (Wildman–Crippen MR) is 86.7 cm³/mol. The standard InChI is InChI=1S/C17H19BrO3/c1-3-20-16-8-14(10-19)15(18)9-17(16)21-11-13-6-4-5-12(2)7-13/h4-9,19H,3,10-11H2,1-2H3. The Bertz CT molecular complexity index is 611. The van der Waals surface area contributed by atoms with Crippen LogP contribution in [0.3, 0.4) is 0 Å². The second-order valence-corrected chi connectivity index (χ2v) is 5.61. The van der Waals surface area contributed by atoms with Crippen molar-refractivity contribution >= 4 is 15.9 Å². The van der Waals surface area contributed by atoms with Gasteiger partial charge in [-0.2, -0.15) is 0 Å². The Labute approximate surface area is 133 Å². The van der Waals surface area contributed by atoms with Crippen molar-refractivity contribution in [2.75, 3.05) is 6.61 Å². The molecule has 0 aliphatic heterocycles. The van der Waals surface area contributed by atoms with Gasteiger partial charge in [-0.05, 0) is 37.1 Å². The van der Waals surface area contributed by atoms with Gasteiger partial charge in [0, 0.05) is 4.47 Å². The fourth-order valence-electron chi connectivity index (χ4n) is 2.04. The minimum Gasteiger partial charge on any atom is -0.490 e. The lowest BCUT2D eigenvalue weighted by Crippen LogP contribution is -2.01. The van der Waals surface area contributed by atoms with E-state index in [-0.39, 0.29) is 6.61 Å². The monoisotopic (exact) mass is 350 g/mol. The van der Waals surface area contributed by atoms with Gasteiger partial charge in [-0.3, -0.25) is 0 Å². The maximum atomic E-state index is 9.31. The quantitative estimate of drug-likeness (QED) is 0.847. The van der Waals surface area contributed by atoms with Crippen LogP contribution < -0.4 is 9.47 Å². The molecule has 2 aromatic rings. The summed E-state index contributed by atoms with van der Waals surface area (Å²) in [6.07, 6.45) is 0. The normalized spacial score (nSPS) is 10.5. The summed E-state index contributed by atoms with van der Waals surface area (Å²) < 4.78 is 12.3. The van der Waals surface area contributed by atoms with E-state index < -0.39 is 0 Å². The average molecular weight is 351 g/mol. The van der Waals surface area contributed by atoms with E-state index in [0.717, 1.165) is 15.6 Å². The summed E-state index contributed by atoms with van der Waals surface area (Å²) in [5, 5.41) is 9.31. The highest BCUT2D eigenvalue weighted by molar-refractivity contribution is 9.10. The van der Waals surface area contributed by atoms with Crippen molar-refractivity contribution in [1.82, 2.24) is 0 Å². The molecular weight excluding hydrogens is 332 g/mol. The molecule has 0 bridgehead atoms. The molecule has 0 heterocycles. The highest BCUT2D eigenvalue weighted by atomic mass is 79.9. The second kappa shape index (κ2) is 7.48. The summed E-state index contributed by atoms with van der Waals surface area (Å²) in [6, 6.07) is 11.8. The molecule has 0 saturated carbocycles. The largest absolute Gasteiger partial charge is 0.490 e. The average Bonchev–Trinajstić information content (AvgIpc) is 2.47. The van der Waals surface area contributed by atoms with Gasteiger partial charge in [0.1, 0.15) is 6.61 Å². The van der Waals surface area contributed by atoms with E-state index in [0.29, 0.717) is 24.7 Å². The molecule has 0 aliphatic rings. The fourth-order valence-corrected chi connectivity index (χ4v) is 2.49. The molecule has 0 radical (unpaired) electrons. The number of rotatable bonds is 6. The Morgan fingerprint density at radius 2 is 1.86 bits per heavy atom. The molecule has 0 amide bonds. The van der Waals surface area contributed by atoms with Gasteiger partial charge in [-0.25, -0.2) is 0 Å². The molecule has 0 saturated heterocycles. The van der Waals surface area contributed by atoms with Crippen molar-refractivity contribution in [3.8, 4) is 11.5 Å². The molecule has 1 N–H and O–H groups in total. The van der Waals surface area contributed by atoms with Gasteiger partial charge in [0.15, 0.2) is 11.5 Å². The minimum atomic E-state index is -0.0428. The van der Waals surface area contributed by atoms with Gasteiger partial charge in [0.05, 0.1) is 13.2 Å². The molecule has 0 unspecified atom stereocenters. The Morgan fingerprint density at radius 1 is 1.10 bits per heavy atom. The smallest absolute Gasteiger partial charge is 0.162 e. The van der Waals surface area contributed by atoms with E-state index in [2.05, 4.69) is 35.0 Å². The molecular formula is C17H19BrO3. The summed E-state index contributed by atoms with van der Waals surface area (Å²) in [7, 11) is 0. The first-order chi connectivity index (χ1) is 10.1. The van der Waals surface area contributed by atoms with Crippen LogP contribution in [0.1, 0.15) is 23.6 Å². The molecule has 0 atom stereocenters. The number of halogens is 1. The van der Waals surface area contributed by atoms with Crippen LogP contribution in [0.25, 0.3) is 0 Å². The number of ether oxygens (including phenoxy) is 2. The van der Waals surface area contributed by atoms with Gasteiger partial charge < -0.3 is 14.6 Å². The van der Waals surface area contributed by atoms with Gasteiger partial charge in [-0.15, -0.1) is 0 Å². The first-order valence-electron chi connectivity index (χ1n) is 6.88. The third-order valence-electron chi connectivity index (χ3n) is 3.06. The minimum absolute atomic E-state index is 0.0428. The van der Waals surface area contributed by atoms with Crippen LogP contribution in [0.15, 0.2) is 40.9 Å². The summed E-state index contributed by atoms with van der Waals surface area (Å²) in [6.45, 7) is 4.96. The van der Waals surface area contributed by atoms with Crippen LogP contribution in [-0.2, 0) is 13.2 Å². The molecule has 0 aromatic heterocycles. The molecule has 112 valence electrons. The second-order valence-electron chi connectivity index (χ2n) is 4.76. The summed E-state index contributed by atoms with van der Waals surface area (Å²) in [4.78, 5) is 0. The lowest BCUT2D eigenvalue weighted by molar-refractivity contribution is 0.263. The number of hydrogen-bond acceptors (Lipinski definition) is 3. The summed E-state index contributed by atoms with van der Waals surface area (Å²) >= 11 is 3.43. The molecule has 2 aromatic carbocycles. The predicted octanol–water partition coefficient (Wildman–Crippen LogP) is 4.23. The zero-order valence-corrected chi connectivity index (χ0v) is 13.8. The Hall–Kier alpha value is -1.52. The van der Waals surface area contributed by atoms with Gasteiger partial charge in [0.2, 0.25) is 0 Å². The summed E-state index contributed by atoms with van der Waals surface area (Å²) in [5.41, 5.74) is 3.10. The van der Waals surface area contributed by atoms with Gasteiger partial charge in [0.25, 0.3) is 0 Å². The lowest BCUT2D eigenvalue weighted by Gasteiger charge is -2.14. The van der Waals surface area contributed by atoms with Crippen molar-refractivity contribution in [3.05, 3.63) is 57.6 Å². The molecule has 21 heavy (non-hydrogen) atoms. The number of aliphatic hydroxyl groups excluding tert-OH is 1. The molecule has 0 fully saturated rings. The van der Waals surface area contributed by atoms with E-state index in [4.69, 9.17) is 9.47 Å². The van der Waals surface area contributed by atoms with Gasteiger partial charge in [-0.1, -0.05) is 45.8 Å². The number of aryl methyl sites for hydroxylation is 1. The zero-order valence-electron chi connectivity index (χ0n) is 12.2. The molecule has 3 nitrogen and oxygen atoms in total. The Balaban J connectivity index is 2.20. The SMILES string of the molecule is CCOc1cc(CO)c(Br)cc1OCc1cccc(C)c1. The van der Waals surface area contributed by atoms with Crippen molar-refractivity contribution in [2.45, 2.75) is 27.1 Å². The molecule has 0 spiro atoms. The zero-order chi connectivity index (χ0) is 15.2. The van der Waals surface area contributed by atoms with E-state index in [1.54, 1.807) is 6.07 Å². The van der Waals surface area contributed by atoms with Crippen molar-refractivity contribution in [3.63, 3.8) is 0 Å². The van der Waals surface area contributed by atoms with Crippen LogP contribution >= 0.6 is 15.9 Å². The highest BCUT2D eigenvalue weighted by Gasteiger charge is 2.10. The lowest BCUT2D eigenvalue weighted by atomic mass is 10.1. The van der Waals surface area contributed by atoms with E-state index in [1.807, 2.05) is 25.1 Å². The third-order valence-corrected chi connectivity index (χ3v) is 3.80. The molecule has 4 heteroatoms. The van der Waals surface area contributed by atoms with E-state index in [9.17, 15) is 5.11 Å². The Kier molecular flexibility index (Phi) is 5.65. The fraction of sp³-hybridized carbons (Fsp3) is 0.294. The highest BCUT2D eigenvalue weighted by Crippen LogP contribution is 2.34. The number of aliphatic hydroxyl groups is 1. The van der Waals surface area contributed by atoms with Crippen LogP contribution in [-0.4, -0.2) is 11.7 Å². The topological polar surface area (TPSA) is 38.7 Å². The van der Waals surface area contributed by atoms with E-state index >= 15 is 0 Å². The first kappa shape index (κ1) is 15.9. The van der Waals surface area contributed by atoms with Crippen LogP contribution in [0.5, 0.6) is 11.5 Å². The molecule has 2 rings (SSSR count). The Morgan fingerprint density at radius 3 is 2.52 bits per heavy atom. The maximum Gasteiger partial charge on any atom is 0.162 e. The summed E-state index contributed by atoms with van der Waals surface area (Å²) in [5.74, 6) is 1.32. The van der Waals surface area contributed by atoms with Crippen LogP contribution in [0, 0.1) is 6.92 Å². The third kappa shape index (κ3) is 4.22. The van der Waals surface area contributed by atoms with Crippen molar-refractivity contribution in [2.24, 2.45) is 0 Å². The first-order valence-corrected chi connectivity index (χ1v) is 7.67. The maximum absolute atomic E-state index is 9.31. The van der Waals surface area contributed by atoms with E-state index in [1.165, 1.54) is 5.56 Å². The van der Waals surface area contributed by atoms with Gasteiger partial charge >= 0.3 is 0 Å². The molecule has 0 aliphatic carbocycles. The van der Waals surface area contributed by atoms with Crippen LogP contribution in [0.4, 0.5) is 0 Å².